The average Bonchev–Trinajstić information content (AvgIpc) is 3.12. The SMILES string of the molecule is C=CCn1c(CC(=O)Nc2ccccc2Cl)nnc1SCC(=O)Nc1c(C)cccc1C. The van der Waals surface area contributed by atoms with E-state index in [0.29, 0.717) is 28.2 Å². The molecule has 0 saturated carbocycles. The van der Waals surface area contributed by atoms with Crippen molar-refractivity contribution in [3.05, 3.63) is 77.1 Å². The highest BCUT2D eigenvalue weighted by Crippen LogP contribution is 2.23. The fourth-order valence-corrected chi connectivity index (χ4v) is 4.04. The van der Waals surface area contributed by atoms with Crippen molar-refractivity contribution in [1.82, 2.24) is 14.8 Å². The quantitative estimate of drug-likeness (QED) is 0.352. The highest BCUT2D eigenvalue weighted by Gasteiger charge is 2.17. The van der Waals surface area contributed by atoms with Gasteiger partial charge in [0.05, 0.1) is 22.9 Å². The topological polar surface area (TPSA) is 88.9 Å². The van der Waals surface area contributed by atoms with Gasteiger partial charge in [0.1, 0.15) is 5.82 Å². The van der Waals surface area contributed by atoms with Crippen molar-refractivity contribution in [2.24, 2.45) is 0 Å². The number of nitrogens with zero attached hydrogens (tertiary/aromatic N) is 3. The van der Waals surface area contributed by atoms with Gasteiger partial charge in [-0.2, -0.15) is 0 Å². The molecule has 2 aromatic carbocycles. The Bertz CT molecular complexity index is 1120. The number of aryl methyl sites for hydroxylation is 2. The van der Waals surface area contributed by atoms with Crippen LogP contribution in [0.1, 0.15) is 17.0 Å². The largest absolute Gasteiger partial charge is 0.325 e. The number of amides is 2. The van der Waals surface area contributed by atoms with Gasteiger partial charge in [-0.1, -0.05) is 59.8 Å². The predicted molar refractivity (Wildman–Crippen MR) is 129 cm³/mol. The second-order valence-electron chi connectivity index (χ2n) is 7.11. The van der Waals surface area contributed by atoms with Crippen molar-refractivity contribution in [2.75, 3.05) is 16.4 Å². The van der Waals surface area contributed by atoms with Crippen molar-refractivity contribution in [3.63, 3.8) is 0 Å². The molecule has 9 heteroatoms. The van der Waals surface area contributed by atoms with Crippen molar-refractivity contribution < 1.29 is 9.59 Å². The van der Waals surface area contributed by atoms with Gasteiger partial charge >= 0.3 is 0 Å². The Labute approximate surface area is 196 Å². The second kappa shape index (κ2) is 11.0. The van der Waals surface area contributed by atoms with E-state index in [4.69, 9.17) is 11.6 Å². The molecular formula is C23H24ClN5O2S. The number of halogens is 1. The highest BCUT2D eigenvalue weighted by atomic mass is 35.5. The summed E-state index contributed by atoms with van der Waals surface area (Å²) in [6, 6.07) is 12.9. The molecule has 7 nitrogen and oxygen atoms in total. The zero-order chi connectivity index (χ0) is 23.1. The summed E-state index contributed by atoms with van der Waals surface area (Å²) in [6.45, 7) is 8.09. The monoisotopic (exact) mass is 469 g/mol. The molecule has 0 unspecified atom stereocenters. The number of aromatic nitrogens is 3. The lowest BCUT2D eigenvalue weighted by Crippen LogP contribution is -2.18. The Balaban J connectivity index is 1.65. The third-order valence-corrected chi connectivity index (χ3v) is 5.95. The highest BCUT2D eigenvalue weighted by molar-refractivity contribution is 7.99. The average molecular weight is 470 g/mol. The van der Waals surface area contributed by atoms with E-state index in [2.05, 4.69) is 27.4 Å². The Morgan fingerprint density at radius 2 is 1.78 bits per heavy atom. The number of nitrogens with one attached hydrogen (secondary N) is 2. The molecule has 0 saturated heterocycles. The molecule has 1 aromatic heterocycles. The molecular weight excluding hydrogens is 446 g/mol. The molecule has 0 aliphatic heterocycles. The van der Waals surface area contributed by atoms with Gasteiger partial charge in [-0.3, -0.25) is 9.59 Å². The van der Waals surface area contributed by atoms with Crippen LogP contribution in [-0.2, 0) is 22.6 Å². The maximum atomic E-state index is 12.5. The Hall–Kier alpha value is -3.10. The number of hydrogen-bond donors (Lipinski definition) is 2. The third-order valence-electron chi connectivity index (χ3n) is 4.65. The molecule has 0 fully saturated rings. The summed E-state index contributed by atoms with van der Waals surface area (Å²) in [5.74, 6) is 0.236. The Kier molecular flexibility index (Phi) is 8.08. The van der Waals surface area contributed by atoms with Gasteiger partial charge in [0.25, 0.3) is 0 Å². The normalized spacial score (nSPS) is 10.6. The van der Waals surface area contributed by atoms with Crippen LogP contribution in [0.4, 0.5) is 11.4 Å². The van der Waals surface area contributed by atoms with Crippen LogP contribution < -0.4 is 10.6 Å². The Morgan fingerprint density at radius 3 is 2.47 bits per heavy atom. The van der Waals surface area contributed by atoms with Crippen LogP contribution in [-0.4, -0.2) is 32.3 Å². The molecule has 0 bridgehead atoms. The van der Waals surface area contributed by atoms with E-state index < -0.39 is 0 Å². The van der Waals surface area contributed by atoms with Gasteiger partial charge < -0.3 is 15.2 Å². The maximum Gasteiger partial charge on any atom is 0.234 e. The second-order valence-corrected chi connectivity index (χ2v) is 8.46. The molecule has 0 atom stereocenters. The summed E-state index contributed by atoms with van der Waals surface area (Å²) in [5, 5.41) is 15.1. The summed E-state index contributed by atoms with van der Waals surface area (Å²) in [7, 11) is 0. The van der Waals surface area contributed by atoms with Crippen LogP contribution in [0.5, 0.6) is 0 Å². The van der Waals surface area contributed by atoms with Crippen molar-refractivity contribution in [1.29, 1.82) is 0 Å². The van der Waals surface area contributed by atoms with Crippen LogP contribution in [0.3, 0.4) is 0 Å². The van der Waals surface area contributed by atoms with Gasteiger partial charge in [-0.05, 0) is 37.1 Å². The van der Waals surface area contributed by atoms with Gasteiger partial charge in [0.15, 0.2) is 5.16 Å². The number of allylic oxidation sites excluding steroid dienone is 1. The Morgan fingerprint density at radius 1 is 1.06 bits per heavy atom. The van der Waals surface area contributed by atoms with Gasteiger partial charge in [-0.15, -0.1) is 16.8 Å². The smallest absolute Gasteiger partial charge is 0.234 e. The lowest BCUT2D eigenvalue weighted by Gasteiger charge is -2.11. The summed E-state index contributed by atoms with van der Waals surface area (Å²) in [5.41, 5.74) is 3.37. The van der Waals surface area contributed by atoms with Crippen LogP contribution >= 0.6 is 23.4 Å². The van der Waals surface area contributed by atoms with Gasteiger partial charge in [-0.25, -0.2) is 0 Å². The van der Waals surface area contributed by atoms with E-state index in [1.165, 1.54) is 11.8 Å². The molecule has 2 N–H and O–H groups in total. The number of anilines is 2. The molecule has 0 aliphatic carbocycles. The van der Waals surface area contributed by atoms with Gasteiger partial charge in [0.2, 0.25) is 11.8 Å². The van der Waals surface area contributed by atoms with Crippen LogP contribution in [0.2, 0.25) is 5.02 Å². The van der Waals surface area contributed by atoms with E-state index in [-0.39, 0.29) is 24.0 Å². The minimum absolute atomic E-state index is 0.0151. The number of rotatable bonds is 9. The molecule has 1 heterocycles. The molecule has 0 aliphatic rings. The number of carbonyl (C=O) groups excluding carboxylic acids is 2. The first-order valence-corrected chi connectivity index (χ1v) is 11.3. The minimum atomic E-state index is -0.264. The number of para-hydroxylation sites is 2. The van der Waals surface area contributed by atoms with E-state index in [1.807, 2.05) is 32.0 Å². The van der Waals surface area contributed by atoms with Crippen LogP contribution in [0.25, 0.3) is 0 Å². The number of thioether (sulfide) groups is 1. The van der Waals surface area contributed by atoms with Crippen LogP contribution in [0.15, 0.2) is 60.3 Å². The lowest BCUT2D eigenvalue weighted by molar-refractivity contribution is -0.116. The van der Waals surface area contributed by atoms with Crippen molar-refractivity contribution in [3.8, 4) is 0 Å². The van der Waals surface area contributed by atoms with Crippen molar-refractivity contribution >= 4 is 46.6 Å². The fourth-order valence-electron chi connectivity index (χ4n) is 3.09. The zero-order valence-corrected chi connectivity index (χ0v) is 19.5. The van der Waals surface area contributed by atoms with E-state index in [0.717, 1.165) is 16.8 Å². The lowest BCUT2D eigenvalue weighted by atomic mass is 10.1. The first-order valence-electron chi connectivity index (χ1n) is 9.95. The zero-order valence-electron chi connectivity index (χ0n) is 17.9. The molecule has 2 amide bonds. The van der Waals surface area contributed by atoms with Crippen molar-refractivity contribution in [2.45, 2.75) is 32.0 Å². The van der Waals surface area contributed by atoms with E-state index in [1.54, 1.807) is 34.9 Å². The van der Waals surface area contributed by atoms with E-state index >= 15 is 0 Å². The molecule has 3 aromatic rings. The summed E-state index contributed by atoms with van der Waals surface area (Å²) in [4.78, 5) is 25.0. The number of benzene rings is 2. The number of carbonyl (C=O) groups is 2. The predicted octanol–water partition coefficient (Wildman–Crippen LogP) is 4.65. The number of hydrogen-bond acceptors (Lipinski definition) is 5. The molecule has 0 spiro atoms. The first-order chi connectivity index (χ1) is 15.4. The maximum absolute atomic E-state index is 12.5. The van der Waals surface area contributed by atoms with E-state index in [9.17, 15) is 9.59 Å². The molecule has 166 valence electrons. The summed E-state index contributed by atoms with van der Waals surface area (Å²) >= 11 is 7.36. The molecule has 0 radical (unpaired) electrons. The summed E-state index contributed by atoms with van der Waals surface area (Å²) < 4.78 is 1.77. The first kappa shape index (κ1) is 23.6. The minimum Gasteiger partial charge on any atom is -0.325 e. The third kappa shape index (κ3) is 5.99. The standard InChI is InChI=1S/C23H24ClN5O2S/c1-4-12-29-19(13-20(30)25-18-11-6-5-10-17(18)24)27-28-23(29)32-14-21(31)26-22-15(2)8-7-9-16(22)3/h4-11H,1,12-14H2,2-3H3,(H,25,30)(H,26,31). The van der Waals surface area contributed by atoms with Gasteiger partial charge in [0, 0.05) is 12.2 Å². The summed E-state index contributed by atoms with van der Waals surface area (Å²) in [6.07, 6.45) is 1.71. The molecule has 32 heavy (non-hydrogen) atoms. The van der Waals surface area contributed by atoms with Crippen LogP contribution in [0, 0.1) is 13.8 Å². The molecule has 3 rings (SSSR count). The fraction of sp³-hybridized carbons (Fsp3) is 0.217.